The third-order valence-corrected chi connectivity index (χ3v) is 6.23. The fraction of sp³-hybridized carbons (Fsp3) is 0.462. The van der Waals surface area contributed by atoms with E-state index in [0.29, 0.717) is 0 Å². The van der Waals surface area contributed by atoms with Crippen molar-refractivity contribution in [3.8, 4) is 0 Å². The summed E-state index contributed by atoms with van der Waals surface area (Å²) in [7, 11) is -3.96. The van der Waals surface area contributed by atoms with Crippen molar-refractivity contribution in [2.24, 2.45) is 0 Å². The van der Waals surface area contributed by atoms with Crippen LogP contribution in [0, 0.1) is 6.92 Å². The van der Waals surface area contributed by atoms with Crippen LogP contribution in [0.3, 0.4) is 0 Å². The van der Waals surface area contributed by atoms with Crippen LogP contribution in [0.4, 0.5) is 4.39 Å². The van der Waals surface area contributed by atoms with Gasteiger partial charge in [0.05, 0.1) is 15.7 Å². The van der Waals surface area contributed by atoms with E-state index in [2.05, 4.69) is 0 Å². The van der Waals surface area contributed by atoms with Gasteiger partial charge < -0.3 is 5.11 Å². The molecule has 0 aliphatic rings. The standard InChI is InChI=1S/C13H15Cl2FO4S/c1-4-7(2)21(19,20)11-8(3)9(12(17)18)5-6-10(11)13(14,15)16/h5-7H,4H2,1-3H3,(H,17,18)/t7-/m1/s1. The molecule has 0 saturated heterocycles. The first-order valence-electron chi connectivity index (χ1n) is 6.12. The summed E-state index contributed by atoms with van der Waals surface area (Å²) >= 11 is 10.8. The molecule has 0 fully saturated rings. The molecule has 0 aliphatic carbocycles. The van der Waals surface area contributed by atoms with Gasteiger partial charge >= 0.3 is 5.97 Å². The molecule has 0 bridgehead atoms. The van der Waals surface area contributed by atoms with E-state index in [1.165, 1.54) is 13.8 Å². The Bertz CT molecular complexity index is 665. The summed E-state index contributed by atoms with van der Waals surface area (Å²) < 4.78 is 36.1. The zero-order valence-corrected chi connectivity index (χ0v) is 14.0. The average Bonchev–Trinajstić information content (AvgIpc) is 2.35. The number of halogens is 3. The van der Waals surface area contributed by atoms with Gasteiger partial charge in [0.25, 0.3) is 4.59 Å². The lowest BCUT2D eigenvalue weighted by Gasteiger charge is -2.21. The van der Waals surface area contributed by atoms with Gasteiger partial charge in [0.2, 0.25) is 0 Å². The largest absolute Gasteiger partial charge is 0.478 e. The minimum absolute atomic E-state index is 0.0800. The van der Waals surface area contributed by atoms with E-state index in [1.807, 2.05) is 0 Å². The quantitative estimate of drug-likeness (QED) is 0.813. The van der Waals surface area contributed by atoms with Crippen molar-refractivity contribution in [1.82, 2.24) is 0 Å². The van der Waals surface area contributed by atoms with E-state index in [4.69, 9.17) is 28.3 Å². The topological polar surface area (TPSA) is 71.4 Å². The van der Waals surface area contributed by atoms with Crippen molar-refractivity contribution in [3.63, 3.8) is 0 Å². The van der Waals surface area contributed by atoms with Gasteiger partial charge in [-0.2, -0.15) is 0 Å². The molecule has 1 aromatic rings. The average molecular weight is 357 g/mol. The minimum atomic E-state index is -3.96. The number of hydrogen-bond donors (Lipinski definition) is 1. The van der Waals surface area contributed by atoms with Crippen LogP contribution >= 0.6 is 23.2 Å². The Morgan fingerprint density at radius 1 is 1.43 bits per heavy atom. The van der Waals surface area contributed by atoms with Gasteiger partial charge in [-0.1, -0.05) is 36.2 Å². The molecular weight excluding hydrogens is 342 g/mol. The molecule has 8 heteroatoms. The molecule has 4 nitrogen and oxygen atoms in total. The van der Waals surface area contributed by atoms with E-state index in [-0.39, 0.29) is 17.5 Å². The molecule has 1 atom stereocenters. The lowest BCUT2D eigenvalue weighted by molar-refractivity contribution is 0.0695. The summed E-state index contributed by atoms with van der Waals surface area (Å²) in [6.45, 7) is 4.40. The molecular formula is C13H15Cl2FO4S. The molecule has 0 aromatic heterocycles. The number of carboxylic acid groups (broad SMARTS) is 1. The Kier molecular flexibility index (Phi) is 5.29. The molecule has 1 N–H and O–H groups in total. The molecule has 21 heavy (non-hydrogen) atoms. The first-order chi connectivity index (χ1) is 9.44. The highest BCUT2D eigenvalue weighted by atomic mass is 35.5. The lowest BCUT2D eigenvalue weighted by Crippen LogP contribution is -2.23. The molecule has 0 unspecified atom stereocenters. The zero-order valence-electron chi connectivity index (χ0n) is 11.7. The van der Waals surface area contributed by atoms with Crippen molar-refractivity contribution < 1.29 is 22.7 Å². The van der Waals surface area contributed by atoms with Gasteiger partial charge in [0, 0.05) is 5.56 Å². The van der Waals surface area contributed by atoms with Gasteiger partial charge in [0.15, 0.2) is 9.84 Å². The predicted molar refractivity (Wildman–Crippen MR) is 79.6 cm³/mol. The van der Waals surface area contributed by atoms with E-state index >= 15 is 0 Å². The maximum Gasteiger partial charge on any atom is 0.335 e. The maximum absolute atomic E-state index is 13.9. The summed E-state index contributed by atoms with van der Waals surface area (Å²) in [5, 5.41) is 8.27. The second-order valence-electron chi connectivity index (χ2n) is 4.68. The summed E-state index contributed by atoms with van der Waals surface area (Å²) in [6, 6.07) is 2.08. The van der Waals surface area contributed by atoms with Gasteiger partial charge in [-0.3, -0.25) is 0 Å². The van der Waals surface area contributed by atoms with Crippen LogP contribution in [0.1, 0.15) is 41.8 Å². The molecule has 0 spiro atoms. The Hall–Kier alpha value is -0.850. The molecule has 0 heterocycles. The Labute approximate surface area is 132 Å². The van der Waals surface area contributed by atoms with E-state index in [0.717, 1.165) is 12.1 Å². The van der Waals surface area contributed by atoms with Gasteiger partial charge in [0.1, 0.15) is 0 Å². The molecule has 118 valence electrons. The predicted octanol–water partition coefficient (Wildman–Crippen LogP) is 3.82. The summed E-state index contributed by atoms with van der Waals surface area (Å²) in [5.41, 5.74) is -0.782. The third-order valence-electron chi connectivity index (χ3n) is 3.33. The highest BCUT2D eigenvalue weighted by molar-refractivity contribution is 7.92. The number of alkyl halides is 3. The van der Waals surface area contributed by atoms with Gasteiger partial charge in [-0.25, -0.2) is 17.6 Å². The summed E-state index contributed by atoms with van der Waals surface area (Å²) in [4.78, 5) is 10.7. The van der Waals surface area contributed by atoms with Gasteiger partial charge in [-0.05, 0) is 31.9 Å². The van der Waals surface area contributed by atoms with Crippen molar-refractivity contribution in [2.45, 2.75) is 41.9 Å². The van der Waals surface area contributed by atoms with Crippen molar-refractivity contribution >= 4 is 39.0 Å². The van der Waals surface area contributed by atoms with Crippen molar-refractivity contribution in [1.29, 1.82) is 0 Å². The first-order valence-corrected chi connectivity index (χ1v) is 8.42. The van der Waals surface area contributed by atoms with Gasteiger partial charge in [-0.15, -0.1) is 0 Å². The first kappa shape index (κ1) is 18.2. The maximum atomic E-state index is 13.9. The molecule has 1 aromatic carbocycles. The minimum Gasteiger partial charge on any atom is -0.478 e. The normalized spacial score (nSPS) is 14.0. The highest BCUT2D eigenvalue weighted by Gasteiger charge is 2.37. The number of aromatic carboxylic acids is 1. The molecule has 1 rings (SSSR count). The second-order valence-corrected chi connectivity index (χ2v) is 8.22. The molecule has 0 saturated carbocycles. The summed E-state index contributed by atoms with van der Waals surface area (Å²) in [5.74, 6) is -1.31. The lowest BCUT2D eigenvalue weighted by atomic mass is 10.1. The van der Waals surface area contributed by atoms with Crippen LogP contribution in [-0.2, 0) is 14.4 Å². The van der Waals surface area contributed by atoms with Crippen LogP contribution in [0.25, 0.3) is 0 Å². The number of sulfone groups is 1. The summed E-state index contributed by atoms with van der Waals surface area (Å²) in [6.07, 6.45) is 0.280. The van der Waals surface area contributed by atoms with Crippen LogP contribution in [0.2, 0.25) is 0 Å². The van der Waals surface area contributed by atoms with E-state index < -0.39 is 36.1 Å². The number of benzene rings is 1. The monoisotopic (exact) mass is 356 g/mol. The molecule has 0 radical (unpaired) electrons. The van der Waals surface area contributed by atoms with Crippen molar-refractivity contribution in [2.75, 3.05) is 0 Å². The highest BCUT2D eigenvalue weighted by Crippen LogP contribution is 2.42. The number of carbonyl (C=O) groups is 1. The van der Waals surface area contributed by atoms with Crippen LogP contribution in [-0.4, -0.2) is 24.7 Å². The van der Waals surface area contributed by atoms with Crippen LogP contribution in [0.15, 0.2) is 17.0 Å². The smallest absolute Gasteiger partial charge is 0.335 e. The molecule has 0 aliphatic heterocycles. The number of hydrogen-bond acceptors (Lipinski definition) is 3. The number of rotatable bonds is 5. The van der Waals surface area contributed by atoms with E-state index in [9.17, 15) is 17.6 Å². The number of carboxylic acids is 1. The molecule has 0 amide bonds. The van der Waals surface area contributed by atoms with Crippen molar-refractivity contribution in [3.05, 3.63) is 28.8 Å². The Morgan fingerprint density at radius 2 is 1.95 bits per heavy atom. The fourth-order valence-corrected chi connectivity index (χ4v) is 4.25. The Balaban J connectivity index is 3.83. The van der Waals surface area contributed by atoms with Crippen LogP contribution < -0.4 is 0 Å². The fourth-order valence-electron chi connectivity index (χ4n) is 1.93. The second kappa shape index (κ2) is 6.10. The third kappa shape index (κ3) is 3.49. The van der Waals surface area contributed by atoms with E-state index in [1.54, 1.807) is 6.92 Å². The Morgan fingerprint density at radius 3 is 2.33 bits per heavy atom. The SMILES string of the molecule is CC[C@@H](C)S(=O)(=O)c1c(C(F)(Cl)Cl)ccc(C(=O)O)c1C. The van der Waals surface area contributed by atoms with Crippen LogP contribution in [0.5, 0.6) is 0 Å². The zero-order chi connectivity index (χ0) is 16.6.